The van der Waals surface area contributed by atoms with Gasteiger partial charge in [-0.2, -0.15) is 0 Å². The van der Waals surface area contributed by atoms with E-state index in [1.54, 1.807) is 19.9 Å². The number of rotatable bonds is 4. The van der Waals surface area contributed by atoms with Crippen molar-refractivity contribution in [2.75, 3.05) is 11.9 Å². The number of nitrogens with two attached hydrogens (primary N) is 1. The Morgan fingerprint density at radius 1 is 1.40 bits per heavy atom. The van der Waals surface area contributed by atoms with Gasteiger partial charge in [-0.25, -0.2) is 0 Å². The average Bonchev–Trinajstić information content (AvgIpc) is 2.35. The fraction of sp³-hybridized carbons (Fsp3) is 0.467. The number of fused-ring (bicyclic) bond motifs is 1. The van der Waals surface area contributed by atoms with Crippen LogP contribution in [0.3, 0.4) is 0 Å². The smallest absolute Gasteiger partial charge is 0.253 e. The molecule has 1 aromatic carbocycles. The van der Waals surface area contributed by atoms with E-state index in [-0.39, 0.29) is 12.3 Å². The molecule has 0 radical (unpaired) electrons. The first-order valence-corrected chi connectivity index (χ1v) is 6.86. The number of primary amides is 1. The molecule has 0 aliphatic carbocycles. The molecule has 1 aliphatic heterocycles. The molecule has 108 valence electrons. The summed E-state index contributed by atoms with van der Waals surface area (Å²) in [6, 6.07) is 5.72. The number of benzene rings is 1. The van der Waals surface area contributed by atoms with Gasteiger partial charge in [-0.15, -0.1) is 0 Å². The van der Waals surface area contributed by atoms with Crippen molar-refractivity contribution in [2.45, 2.75) is 38.6 Å². The lowest BCUT2D eigenvalue weighted by molar-refractivity contribution is -0.119. The zero-order valence-corrected chi connectivity index (χ0v) is 12.0. The molecule has 0 saturated heterocycles. The molecule has 0 atom stereocenters. The minimum Gasteiger partial charge on any atom is -0.384 e. The van der Waals surface area contributed by atoms with E-state index in [1.165, 1.54) is 0 Å². The first kappa shape index (κ1) is 14.4. The van der Waals surface area contributed by atoms with E-state index in [2.05, 4.69) is 10.6 Å². The van der Waals surface area contributed by atoms with Gasteiger partial charge in [-0.1, -0.05) is 12.1 Å². The van der Waals surface area contributed by atoms with Gasteiger partial charge in [0.2, 0.25) is 5.91 Å². The first-order valence-electron chi connectivity index (χ1n) is 6.86. The molecule has 0 spiro atoms. The fourth-order valence-corrected chi connectivity index (χ4v) is 2.55. The zero-order chi connectivity index (χ0) is 14.8. The maximum Gasteiger partial charge on any atom is 0.253 e. The van der Waals surface area contributed by atoms with Gasteiger partial charge in [-0.3, -0.25) is 9.59 Å². The number of anilines is 1. The molecule has 1 heterocycles. The van der Waals surface area contributed by atoms with Crippen LogP contribution in [0.4, 0.5) is 5.69 Å². The molecule has 2 rings (SSSR count). The quantitative estimate of drug-likeness (QED) is 0.777. The molecule has 0 aromatic heterocycles. The molecule has 0 fully saturated rings. The lowest BCUT2D eigenvalue weighted by atomic mass is 9.96. The Morgan fingerprint density at radius 3 is 2.85 bits per heavy atom. The van der Waals surface area contributed by atoms with E-state index in [4.69, 9.17) is 5.73 Å². The maximum atomic E-state index is 12.4. The fourth-order valence-electron chi connectivity index (χ4n) is 2.55. The summed E-state index contributed by atoms with van der Waals surface area (Å²) in [4.78, 5) is 23.4. The predicted octanol–water partition coefficient (Wildman–Crippen LogP) is 1.43. The Hall–Kier alpha value is -2.04. The number of para-hydroxylation sites is 1. The molecule has 2 amide bonds. The van der Waals surface area contributed by atoms with Gasteiger partial charge < -0.3 is 16.4 Å². The van der Waals surface area contributed by atoms with Gasteiger partial charge in [-0.05, 0) is 38.3 Å². The third-order valence-electron chi connectivity index (χ3n) is 3.39. The van der Waals surface area contributed by atoms with Crippen molar-refractivity contribution in [3.8, 4) is 0 Å². The molecular formula is C15H21N3O2. The van der Waals surface area contributed by atoms with Crippen LogP contribution in [0, 0.1) is 0 Å². The van der Waals surface area contributed by atoms with Gasteiger partial charge in [0.25, 0.3) is 5.91 Å². The highest BCUT2D eigenvalue weighted by molar-refractivity contribution is 6.01. The lowest BCUT2D eigenvalue weighted by Gasteiger charge is -2.27. The van der Waals surface area contributed by atoms with Gasteiger partial charge >= 0.3 is 0 Å². The van der Waals surface area contributed by atoms with E-state index in [0.29, 0.717) is 5.56 Å². The summed E-state index contributed by atoms with van der Waals surface area (Å²) >= 11 is 0. The summed E-state index contributed by atoms with van der Waals surface area (Å²) in [6.07, 6.45) is 2.17. The number of hydrogen-bond donors (Lipinski definition) is 3. The first-order chi connectivity index (χ1) is 9.39. The van der Waals surface area contributed by atoms with Crippen LogP contribution in [-0.4, -0.2) is 23.9 Å². The van der Waals surface area contributed by atoms with Crippen molar-refractivity contribution in [3.05, 3.63) is 29.3 Å². The standard InChI is InChI=1S/C15H21N3O2/c1-15(2,9-12(16)19)18-14(20)11-7-3-5-10-6-4-8-17-13(10)11/h3,5,7,17H,4,6,8-9H2,1-2H3,(H2,16,19)(H,18,20). The van der Waals surface area contributed by atoms with Crippen LogP contribution >= 0.6 is 0 Å². The van der Waals surface area contributed by atoms with Crippen molar-refractivity contribution < 1.29 is 9.59 Å². The van der Waals surface area contributed by atoms with Crippen molar-refractivity contribution >= 4 is 17.5 Å². The Labute approximate surface area is 118 Å². The van der Waals surface area contributed by atoms with E-state index in [0.717, 1.165) is 30.6 Å². The summed E-state index contributed by atoms with van der Waals surface area (Å²) in [7, 11) is 0. The molecular weight excluding hydrogens is 254 g/mol. The summed E-state index contributed by atoms with van der Waals surface area (Å²) < 4.78 is 0. The summed E-state index contributed by atoms with van der Waals surface area (Å²) in [5, 5.41) is 6.16. The van der Waals surface area contributed by atoms with Crippen LogP contribution in [0.25, 0.3) is 0 Å². The Bertz CT molecular complexity index is 538. The number of nitrogens with one attached hydrogen (secondary N) is 2. The Kier molecular flexibility index (Phi) is 3.97. The molecule has 20 heavy (non-hydrogen) atoms. The minimum atomic E-state index is -0.652. The van der Waals surface area contributed by atoms with Crippen LogP contribution in [0.5, 0.6) is 0 Å². The maximum absolute atomic E-state index is 12.4. The largest absolute Gasteiger partial charge is 0.384 e. The molecule has 5 nitrogen and oxygen atoms in total. The van der Waals surface area contributed by atoms with Crippen LogP contribution in [0.1, 0.15) is 42.6 Å². The molecule has 1 aromatic rings. The van der Waals surface area contributed by atoms with E-state index < -0.39 is 11.4 Å². The van der Waals surface area contributed by atoms with Gasteiger partial charge in [0.05, 0.1) is 11.3 Å². The third-order valence-corrected chi connectivity index (χ3v) is 3.39. The summed E-state index contributed by atoms with van der Waals surface area (Å²) in [5.41, 5.74) is 7.25. The molecule has 1 aliphatic rings. The second-order valence-corrected chi connectivity index (χ2v) is 5.85. The summed E-state index contributed by atoms with van der Waals surface area (Å²) in [6.45, 7) is 4.46. The monoisotopic (exact) mass is 275 g/mol. The van der Waals surface area contributed by atoms with Crippen molar-refractivity contribution in [1.82, 2.24) is 5.32 Å². The molecule has 0 saturated carbocycles. The highest BCUT2D eigenvalue weighted by Crippen LogP contribution is 2.26. The van der Waals surface area contributed by atoms with Crippen molar-refractivity contribution in [3.63, 3.8) is 0 Å². The normalized spacial score (nSPS) is 14.1. The number of carbonyl (C=O) groups excluding carboxylic acids is 2. The van der Waals surface area contributed by atoms with Crippen LogP contribution < -0.4 is 16.4 Å². The topological polar surface area (TPSA) is 84.2 Å². The summed E-state index contributed by atoms with van der Waals surface area (Å²) in [5.74, 6) is -0.606. The molecule has 0 bridgehead atoms. The number of hydrogen-bond acceptors (Lipinski definition) is 3. The highest BCUT2D eigenvalue weighted by atomic mass is 16.2. The second-order valence-electron chi connectivity index (χ2n) is 5.85. The molecule has 4 N–H and O–H groups in total. The van der Waals surface area contributed by atoms with E-state index >= 15 is 0 Å². The number of aryl methyl sites for hydroxylation is 1. The minimum absolute atomic E-state index is 0.112. The molecule has 5 heteroatoms. The molecule has 0 unspecified atom stereocenters. The van der Waals surface area contributed by atoms with E-state index in [9.17, 15) is 9.59 Å². The van der Waals surface area contributed by atoms with Crippen LogP contribution in [0.2, 0.25) is 0 Å². The van der Waals surface area contributed by atoms with Crippen LogP contribution in [0.15, 0.2) is 18.2 Å². The average molecular weight is 275 g/mol. The number of amides is 2. The SMILES string of the molecule is CC(C)(CC(N)=O)NC(=O)c1cccc2c1NCCC2. The van der Waals surface area contributed by atoms with Gasteiger partial charge in [0.15, 0.2) is 0 Å². The van der Waals surface area contributed by atoms with Crippen molar-refractivity contribution in [1.29, 1.82) is 0 Å². The predicted molar refractivity (Wildman–Crippen MR) is 78.6 cm³/mol. The third kappa shape index (κ3) is 3.29. The Balaban J connectivity index is 2.20. The highest BCUT2D eigenvalue weighted by Gasteiger charge is 2.25. The van der Waals surface area contributed by atoms with E-state index in [1.807, 2.05) is 12.1 Å². The second kappa shape index (κ2) is 5.53. The Morgan fingerprint density at radius 2 is 2.15 bits per heavy atom. The number of carbonyl (C=O) groups is 2. The van der Waals surface area contributed by atoms with Gasteiger partial charge in [0, 0.05) is 18.5 Å². The van der Waals surface area contributed by atoms with Crippen molar-refractivity contribution in [2.24, 2.45) is 5.73 Å². The van der Waals surface area contributed by atoms with Crippen LogP contribution in [-0.2, 0) is 11.2 Å². The van der Waals surface area contributed by atoms with Gasteiger partial charge in [0.1, 0.15) is 0 Å². The lowest BCUT2D eigenvalue weighted by Crippen LogP contribution is -2.46. The zero-order valence-electron chi connectivity index (χ0n) is 12.0.